The van der Waals surface area contributed by atoms with Gasteiger partial charge in [-0.15, -0.1) is 0 Å². The molecule has 2 heterocycles. The summed E-state index contributed by atoms with van der Waals surface area (Å²) in [5, 5.41) is 18.5. The van der Waals surface area contributed by atoms with Crippen molar-refractivity contribution < 1.29 is 32.5 Å². The molecule has 8 nitrogen and oxygen atoms in total. The molecule has 2 aromatic heterocycles. The number of nitrogens with zero attached hydrogens (tertiary/aromatic N) is 4. The van der Waals surface area contributed by atoms with Gasteiger partial charge >= 0.3 is 5.97 Å². The van der Waals surface area contributed by atoms with E-state index in [-0.39, 0.29) is 58.5 Å². The highest BCUT2D eigenvalue weighted by Gasteiger charge is 2.35. The third-order valence-corrected chi connectivity index (χ3v) is 7.89. The molecule has 1 saturated carbocycles. The molecule has 228 valence electrons. The van der Waals surface area contributed by atoms with E-state index in [4.69, 9.17) is 19.7 Å². The van der Waals surface area contributed by atoms with Gasteiger partial charge in [0.15, 0.2) is 0 Å². The molecule has 45 heavy (non-hydrogen) atoms. The first-order chi connectivity index (χ1) is 21.7. The Morgan fingerprint density at radius 3 is 2.53 bits per heavy atom. The SMILES string of the molecule is COC[C@H](C1CC1)n1c(Cc2cc(F)c(-c3cccc(OCc4ccc(C#N)cc4F)n3)cc2F)nc2ccc(C(=O)O)cc21. The van der Waals surface area contributed by atoms with E-state index in [2.05, 4.69) is 4.98 Å². The summed E-state index contributed by atoms with van der Waals surface area (Å²) < 4.78 is 58.4. The lowest BCUT2D eigenvalue weighted by Crippen LogP contribution is -2.20. The Morgan fingerprint density at radius 2 is 1.82 bits per heavy atom. The zero-order chi connectivity index (χ0) is 31.7. The van der Waals surface area contributed by atoms with Gasteiger partial charge in [0.25, 0.3) is 0 Å². The van der Waals surface area contributed by atoms with Crippen molar-refractivity contribution in [2.75, 3.05) is 13.7 Å². The van der Waals surface area contributed by atoms with Crippen molar-refractivity contribution in [1.82, 2.24) is 14.5 Å². The van der Waals surface area contributed by atoms with Crippen LogP contribution >= 0.6 is 0 Å². The third kappa shape index (κ3) is 6.23. The zero-order valence-corrected chi connectivity index (χ0v) is 24.1. The van der Waals surface area contributed by atoms with Crippen molar-refractivity contribution in [1.29, 1.82) is 5.26 Å². The van der Waals surface area contributed by atoms with Crippen molar-refractivity contribution in [2.45, 2.75) is 31.9 Å². The number of fused-ring (bicyclic) bond motifs is 1. The fourth-order valence-electron chi connectivity index (χ4n) is 5.46. The van der Waals surface area contributed by atoms with E-state index in [0.717, 1.165) is 31.0 Å². The summed E-state index contributed by atoms with van der Waals surface area (Å²) in [5.41, 5.74) is 1.75. The van der Waals surface area contributed by atoms with Gasteiger partial charge < -0.3 is 19.1 Å². The number of benzene rings is 3. The first-order valence-electron chi connectivity index (χ1n) is 14.3. The maximum Gasteiger partial charge on any atom is 0.335 e. The van der Waals surface area contributed by atoms with E-state index >= 15 is 8.78 Å². The van der Waals surface area contributed by atoms with Crippen LogP contribution in [0.5, 0.6) is 5.88 Å². The maximum absolute atomic E-state index is 15.6. The van der Waals surface area contributed by atoms with Gasteiger partial charge in [-0.2, -0.15) is 5.26 Å². The Labute approximate surface area is 256 Å². The summed E-state index contributed by atoms with van der Waals surface area (Å²) in [7, 11) is 1.59. The zero-order valence-electron chi connectivity index (χ0n) is 24.1. The van der Waals surface area contributed by atoms with Gasteiger partial charge in [0.2, 0.25) is 5.88 Å². The minimum absolute atomic E-state index is 0.0419. The van der Waals surface area contributed by atoms with Gasteiger partial charge in [-0.05, 0) is 72.9 Å². The molecule has 5 aromatic rings. The number of carbonyl (C=O) groups is 1. The number of imidazole rings is 1. The fourth-order valence-corrected chi connectivity index (χ4v) is 5.46. The van der Waals surface area contributed by atoms with Crippen LogP contribution in [0.1, 0.15) is 51.8 Å². The Morgan fingerprint density at radius 1 is 1.02 bits per heavy atom. The predicted molar refractivity (Wildman–Crippen MR) is 158 cm³/mol. The van der Waals surface area contributed by atoms with E-state index in [1.807, 2.05) is 10.6 Å². The number of pyridine rings is 1. The summed E-state index contributed by atoms with van der Waals surface area (Å²) >= 11 is 0. The highest BCUT2D eigenvalue weighted by Crippen LogP contribution is 2.42. The molecule has 0 radical (unpaired) electrons. The Kier molecular flexibility index (Phi) is 8.24. The highest BCUT2D eigenvalue weighted by atomic mass is 19.1. The van der Waals surface area contributed by atoms with E-state index < -0.39 is 23.4 Å². The van der Waals surface area contributed by atoms with Crippen LogP contribution in [0, 0.1) is 34.7 Å². The molecule has 0 bridgehead atoms. The van der Waals surface area contributed by atoms with Gasteiger partial charge in [-0.3, -0.25) is 0 Å². The number of ether oxygens (including phenoxy) is 2. The van der Waals surface area contributed by atoms with Crippen molar-refractivity contribution in [3.63, 3.8) is 0 Å². The van der Waals surface area contributed by atoms with Crippen LogP contribution in [0.25, 0.3) is 22.3 Å². The largest absolute Gasteiger partial charge is 0.478 e. The molecule has 6 rings (SSSR count). The molecular formula is C34H27F3N4O4. The summed E-state index contributed by atoms with van der Waals surface area (Å²) in [6.45, 7) is 0.182. The lowest BCUT2D eigenvalue weighted by atomic mass is 10.0. The number of hydrogen-bond acceptors (Lipinski definition) is 6. The van der Waals surface area contributed by atoms with Crippen LogP contribution in [0.3, 0.4) is 0 Å². The molecule has 1 fully saturated rings. The monoisotopic (exact) mass is 612 g/mol. The average Bonchev–Trinajstić information content (AvgIpc) is 3.82. The van der Waals surface area contributed by atoms with E-state index in [0.29, 0.717) is 29.4 Å². The Bertz CT molecular complexity index is 1970. The molecule has 0 spiro atoms. The molecular weight excluding hydrogens is 585 g/mol. The molecule has 0 unspecified atom stereocenters. The Hall–Kier alpha value is -5.21. The van der Waals surface area contributed by atoms with Crippen molar-refractivity contribution in [3.05, 3.63) is 112 Å². The van der Waals surface area contributed by atoms with Gasteiger partial charge in [0, 0.05) is 30.7 Å². The van der Waals surface area contributed by atoms with Crippen LogP contribution < -0.4 is 4.74 Å². The van der Waals surface area contributed by atoms with Gasteiger partial charge in [-0.1, -0.05) is 12.1 Å². The molecule has 0 aliphatic heterocycles. The van der Waals surface area contributed by atoms with Gasteiger partial charge in [0.1, 0.15) is 29.9 Å². The van der Waals surface area contributed by atoms with Crippen molar-refractivity contribution >= 4 is 17.0 Å². The summed E-state index contributed by atoms with van der Waals surface area (Å²) in [6, 6.07) is 17.1. The molecule has 1 atom stereocenters. The summed E-state index contributed by atoms with van der Waals surface area (Å²) in [4.78, 5) is 20.7. The summed E-state index contributed by atoms with van der Waals surface area (Å²) in [6.07, 6.45) is 1.91. The number of aromatic carboxylic acids is 1. The molecule has 0 saturated heterocycles. The second-order valence-corrected chi connectivity index (χ2v) is 10.9. The normalized spacial score (nSPS) is 13.5. The first kappa shape index (κ1) is 29.8. The molecule has 3 aromatic carbocycles. The molecule has 0 amide bonds. The number of carboxylic acid groups (broad SMARTS) is 1. The summed E-state index contributed by atoms with van der Waals surface area (Å²) in [5.74, 6) is -2.20. The molecule has 1 aliphatic carbocycles. The number of carboxylic acids is 1. The number of nitriles is 1. The molecule has 1 aliphatic rings. The second kappa shape index (κ2) is 12.4. The highest BCUT2D eigenvalue weighted by molar-refractivity contribution is 5.92. The Balaban J connectivity index is 1.29. The molecule has 11 heteroatoms. The van der Waals surface area contributed by atoms with Gasteiger partial charge in [-0.25, -0.2) is 27.9 Å². The minimum Gasteiger partial charge on any atom is -0.478 e. The quantitative estimate of drug-likeness (QED) is 0.174. The van der Waals surface area contributed by atoms with Crippen molar-refractivity contribution in [3.8, 4) is 23.2 Å². The van der Waals surface area contributed by atoms with Crippen LogP contribution in [0.2, 0.25) is 0 Å². The fraction of sp³-hybridized carbons (Fsp3) is 0.235. The molecule has 1 N–H and O–H groups in total. The van der Waals surface area contributed by atoms with E-state index in [1.165, 1.54) is 30.3 Å². The van der Waals surface area contributed by atoms with Crippen LogP contribution in [0.15, 0.2) is 66.7 Å². The number of hydrogen-bond donors (Lipinski definition) is 1. The lowest BCUT2D eigenvalue weighted by molar-refractivity contribution is 0.0697. The lowest BCUT2D eigenvalue weighted by Gasteiger charge is -2.21. The smallest absolute Gasteiger partial charge is 0.335 e. The minimum atomic E-state index is -1.07. The topological polar surface area (TPSA) is 110 Å². The standard InChI is InChI=1S/C34H27F3N4O4/c1-44-18-31(20-7-8-20)41-30-13-21(34(42)43)9-10-29(30)39-32(41)14-23-12-27(37)24(15-26(23)36)28-3-2-4-33(40-28)45-17-22-6-5-19(16-38)11-25(22)35/h2-6,9-13,15,20,31H,7-8,14,17-18H2,1H3,(H,42,43)/t31-/m1/s1. The van der Waals surface area contributed by atoms with Gasteiger partial charge in [0.05, 0.1) is 46.6 Å². The number of rotatable bonds is 11. The average molecular weight is 613 g/mol. The maximum atomic E-state index is 15.6. The number of methoxy groups -OCH3 is 1. The third-order valence-electron chi connectivity index (χ3n) is 7.89. The van der Waals surface area contributed by atoms with Crippen molar-refractivity contribution in [2.24, 2.45) is 5.92 Å². The van der Waals surface area contributed by atoms with Crippen LogP contribution in [0.4, 0.5) is 13.2 Å². The number of halogens is 3. The van der Waals surface area contributed by atoms with E-state index in [9.17, 15) is 14.3 Å². The second-order valence-electron chi connectivity index (χ2n) is 10.9. The van der Waals surface area contributed by atoms with Crippen LogP contribution in [-0.2, 0) is 17.8 Å². The first-order valence-corrected chi connectivity index (χ1v) is 14.3. The predicted octanol–water partition coefficient (Wildman–Crippen LogP) is 6.85. The van der Waals surface area contributed by atoms with E-state index in [1.54, 1.807) is 25.3 Å². The van der Waals surface area contributed by atoms with Crippen LogP contribution in [-0.4, -0.2) is 39.3 Å². The number of aromatic nitrogens is 3.